The Hall–Kier alpha value is -3.74. The second kappa shape index (κ2) is 8.95. The number of carbonyl (C=O) groups is 2. The number of fused-ring (bicyclic) bond motifs is 1. The number of hydrogen-bond acceptors (Lipinski definition) is 5. The van der Waals surface area contributed by atoms with Crippen LogP contribution in [0.15, 0.2) is 66.9 Å². The average molecular weight is 415 g/mol. The molecule has 7 nitrogen and oxygen atoms in total. The summed E-state index contributed by atoms with van der Waals surface area (Å²) >= 11 is 0. The van der Waals surface area contributed by atoms with Gasteiger partial charge in [0.25, 0.3) is 11.8 Å². The van der Waals surface area contributed by atoms with E-state index in [1.807, 2.05) is 36.1 Å². The monoisotopic (exact) mass is 415 g/mol. The molecule has 1 fully saturated rings. The van der Waals surface area contributed by atoms with Gasteiger partial charge in [0.15, 0.2) is 0 Å². The smallest absolute Gasteiger partial charge is 0.253 e. The van der Waals surface area contributed by atoms with Crippen molar-refractivity contribution in [3.8, 4) is 0 Å². The zero-order valence-electron chi connectivity index (χ0n) is 17.5. The fourth-order valence-electron chi connectivity index (χ4n) is 3.55. The van der Waals surface area contributed by atoms with Gasteiger partial charge in [-0.15, -0.1) is 0 Å². The Balaban J connectivity index is 1.35. The molecule has 4 rings (SSSR count). The first-order valence-corrected chi connectivity index (χ1v) is 10.4. The lowest BCUT2D eigenvalue weighted by molar-refractivity contribution is -0.112. The number of amides is 2. The minimum absolute atomic E-state index is 0.0282. The number of nitrogens with zero attached hydrogens (tertiary/aromatic N) is 3. The minimum atomic E-state index is -0.203. The first-order valence-electron chi connectivity index (χ1n) is 10.4. The molecule has 0 spiro atoms. The summed E-state index contributed by atoms with van der Waals surface area (Å²) in [4.78, 5) is 35.6. The number of para-hydroxylation sites is 1. The number of carbonyl (C=O) groups excluding carboxylic acids is 2. The molecular formula is C24H25N5O2. The highest BCUT2D eigenvalue weighted by Crippen LogP contribution is 2.19. The summed E-state index contributed by atoms with van der Waals surface area (Å²) in [5, 5.41) is 7.13. The van der Waals surface area contributed by atoms with E-state index in [0.717, 1.165) is 17.3 Å². The molecule has 0 saturated carbocycles. The number of aromatic nitrogens is 2. The lowest BCUT2D eigenvalue weighted by atomic mass is 10.1. The number of benzene rings is 2. The van der Waals surface area contributed by atoms with Crippen molar-refractivity contribution in [1.82, 2.24) is 14.9 Å². The lowest BCUT2D eigenvalue weighted by Gasteiger charge is -2.17. The van der Waals surface area contributed by atoms with E-state index in [1.54, 1.807) is 30.5 Å². The van der Waals surface area contributed by atoms with E-state index < -0.39 is 0 Å². The van der Waals surface area contributed by atoms with Gasteiger partial charge >= 0.3 is 0 Å². The standard InChI is InChI=1S/C24H25N5O2/c1-3-16(2)22(30)26-19-10-8-17(9-11-19)23(31)29-13-12-20(15-29)27-24-25-14-18-6-4-5-7-21(18)28-24/h4-11,14,20H,2-3,12-13,15H2,1H3,(H,26,30)(H,25,27,28)/t20-/m1/s1. The minimum Gasteiger partial charge on any atom is -0.350 e. The van der Waals surface area contributed by atoms with Crippen molar-refractivity contribution >= 4 is 34.4 Å². The molecule has 3 aromatic rings. The van der Waals surface area contributed by atoms with Gasteiger partial charge in [0.1, 0.15) is 0 Å². The maximum absolute atomic E-state index is 12.9. The van der Waals surface area contributed by atoms with Crippen LogP contribution >= 0.6 is 0 Å². The Morgan fingerprint density at radius 2 is 1.94 bits per heavy atom. The third kappa shape index (κ3) is 4.71. The maximum atomic E-state index is 12.9. The molecular weight excluding hydrogens is 390 g/mol. The van der Waals surface area contributed by atoms with Crippen LogP contribution < -0.4 is 10.6 Å². The van der Waals surface area contributed by atoms with Crippen molar-refractivity contribution in [2.45, 2.75) is 25.8 Å². The van der Waals surface area contributed by atoms with Crippen LogP contribution in [0.3, 0.4) is 0 Å². The average Bonchev–Trinajstić information content (AvgIpc) is 3.26. The Morgan fingerprint density at radius 3 is 2.71 bits per heavy atom. The van der Waals surface area contributed by atoms with Gasteiger partial charge in [-0.05, 0) is 43.2 Å². The molecule has 1 saturated heterocycles. The number of rotatable bonds is 6. The van der Waals surface area contributed by atoms with E-state index >= 15 is 0 Å². The van der Waals surface area contributed by atoms with Crippen molar-refractivity contribution in [2.24, 2.45) is 0 Å². The zero-order valence-corrected chi connectivity index (χ0v) is 17.5. The molecule has 0 radical (unpaired) electrons. The largest absolute Gasteiger partial charge is 0.350 e. The molecule has 158 valence electrons. The second-order valence-electron chi connectivity index (χ2n) is 7.62. The van der Waals surface area contributed by atoms with Crippen LogP contribution in [-0.4, -0.2) is 45.8 Å². The van der Waals surface area contributed by atoms with Crippen LogP contribution in [0.1, 0.15) is 30.1 Å². The van der Waals surface area contributed by atoms with Crippen molar-refractivity contribution in [3.63, 3.8) is 0 Å². The van der Waals surface area contributed by atoms with Gasteiger partial charge in [0.05, 0.1) is 5.52 Å². The molecule has 1 aromatic heterocycles. The fraction of sp³-hybridized carbons (Fsp3) is 0.250. The second-order valence-corrected chi connectivity index (χ2v) is 7.62. The van der Waals surface area contributed by atoms with Crippen molar-refractivity contribution in [1.29, 1.82) is 0 Å². The molecule has 0 unspecified atom stereocenters. The van der Waals surface area contributed by atoms with Crippen LogP contribution in [0, 0.1) is 0 Å². The number of anilines is 2. The SMILES string of the molecule is C=C(CC)C(=O)Nc1ccc(C(=O)N2CC[C@@H](Nc3ncc4ccccc4n3)C2)cc1. The third-order valence-corrected chi connectivity index (χ3v) is 5.44. The van der Waals surface area contributed by atoms with Gasteiger partial charge in [-0.25, -0.2) is 9.97 Å². The quantitative estimate of drug-likeness (QED) is 0.597. The fourth-order valence-corrected chi connectivity index (χ4v) is 3.55. The summed E-state index contributed by atoms with van der Waals surface area (Å²) in [7, 11) is 0. The first-order chi connectivity index (χ1) is 15.0. The summed E-state index contributed by atoms with van der Waals surface area (Å²) in [5.74, 6) is 0.345. The van der Waals surface area contributed by atoms with Crippen LogP contribution in [-0.2, 0) is 4.79 Å². The van der Waals surface area contributed by atoms with Crippen LogP contribution in [0.4, 0.5) is 11.6 Å². The number of likely N-dealkylation sites (tertiary alicyclic amines) is 1. The lowest BCUT2D eigenvalue weighted by Crippen LogP contribution is -2.31. The zero-order chi connectivity index (χ0) is 21.8. The van der Waals surface area contributed by atoms with Gasteiger partial charge < -0.3 is 15.5 Å². The molecule has 31 heavy (non-hydrogen) atoms. The van der Waals surface area contributed by atoms with Crippen LogP contribution in [0.25, 0.3) is 10.9 Å². The predicted octanol–water partition coefficient (Wildman–Crippen LogP) is 3.86. The van der Waals surface area contributed by atoms with Gasteiger partial charge in [-0.3, -0.25) is 9.59 Å². The maximum Gasteiger partial charge on any atom is 0.253 e. The molecule has 0 aliphatic carbocycles. The van der Waals surface area contributed by atoms with E-state index in [2.05, 4.69) is 27.2 Å². The Kier molecular flexibility index (Phi) is 5.93. The number of hydrogen-bond donors (Lipinski definition) is 2. The summed E-state index contributed by atoms with van der Waals surface area (Å²) in [6.07, 6.45) is 3.23. The van der Waals surface area contributed by atoms with Gasteiger partial charge in [0, 0.05) is 47.5 Å². The molecule has 2 N–H and O–H groups in total. The molecule has 2 aromatic carbocycles. The highest BCUT2D eigenvalue weighted by Gasteiger charge is 2.27. The summed E-state index contributed by atoms with van der Waals surface area (Å²) < 4.78 is 0. The van der Waals surface area contributed by atoms with E-state index in [-0.39, 0.29) is 17.9 Å². The molecule has 2 amide bonds. The normalized spacial score (nSPS) is 15.6. The predicted molar refractivity (Wildman–Crippen MR) is 122 cm³/mol. The van der Waals surface area contributed by atoms with E-state index in [0.29, 0.717) is 42.3 Å². The molecule has 2 heterocycles. The number of nitrogens with one attached hydrogen (secondary N) is 2. The first kappa shape index (κ1) is 20.5. The Labute approximate surface area is 181 Å². The van der Waals surface area contributed by atoms with Crippen LogP contribution in [0.2, 0.25) is 0 Å². The molecule has 1 aliphatic heterocycles. The summed E-state index contributed by atoms with van der Waals surface area (Å²) in [5.41, 5.74) is 2.65. The summed E-state index contributed by atoms with van der Waals surface area (Å²) in [6, 6.07) is 14.9. The third-order valence-electron chi connectivity index (χ3n) is 5.44. The Bertz CT molecular complexity index is 1130. The molecule has 0 bridgehead atoms. The molecule has 7 heteroatoms. The van der Waals surface area contributed by atoms with E-state index in [9.17, 15) is 9.59 Å². The van der Waals surface area contributed by atoms with E-state index in [4.69, 9.17) is 0 Å². The van der Waals surface area contributed by atoms with Crippen molar-refractivity contribution in [3.05, 3.63) is 72.4 Å². The molecule has 1 aliphatic rings. The highest BCUT2D eigenvalue weighted by atomic mass is 16.2. The van der Waals surface area contributed by atoms with Crippen LogP contribution in [0.5, 0.6) is 0 Å². The van der Waals surface area contributed by atoms with Crippen molar-refractivity contribution in [2.75, 3.05) is 23.7 Å². The highest BCUT2D eigenvalue weighted by molar-refractivity contribution is 6.03. The van der Waals surface area contributed by atoms with Gasteiger partial charge in [0.2, 0.25) is 5.95 Å². The van der Waals surface area contributed by atoms with Gasteiger partial charge in [-0.1, -0.05) is 31.7 Å². The Morgan fingerprint density at radius 1 is 1.16 bits per heavy atom. The summed E-state index contributed by atoms with van der Waals surface area (Å²) in [6.45, 7) is 6.87. The topological polar surface area (TPSA) is 87.2 Å². The molecule has 1 atom stereocenters. The van der Waals surface area contributed by atoms with E-state index in [1.165, 1.54) is 0 Å². The van der Waals surface area contributed by atoms with Crippen molar-refractivity contribution < 1.29 is 9.59 Å². The van der Waals surface area contributed by atoms with Gasteiger partial charge in [-0.2, -0.15) is 0 Å².